The SMILES string of the molecule is Cn1nnnc1CN1CCCc2cccc(CN)c21. The second kappa shape index (κ2) is 4.97. The van der Waals surface area contributed by atoms with Crippen LogP contribution in [0.2, 0.25) is 0 Å². The zero-order valence-electron chi connectivity index (χ0n) is 11.1. The molecule has 0 spiro atoms. The van der Waals surface area contributed by atoms with Crippen molar-refractivity contribution in [3.8, 4) is 0 Å². The number of aryl methyl sites for hydroxylation is 2. The lowest BCUT2D eigenvalue weighted by Gasteiger charge is -2.32. The molecule has 1 aliphatic heterocycles. The molecule has 0 unspecified atom stereocenters. The Balaban J connectivity index is 1.96. The smallest absolute Gasteiger partial charge is 0.170 e. The Labute approximate surface area is 112 Å². The third-order valence-corrected chi connectivity index (χ3v) is 3.65. The molecule has 0 atom stereocenters. The number of fused-ring (bicyclic) bond motifs is 1. The molecule has 2 N–H and O–H groups in total. The highest BCUT2D eigenvalue weighted by Crippen LogP contribution is 2.31. The van der Waals surface area contributed by atoms with Crippen LogP contribution in [0.4, 0.5) is 5.69 Å². The molecule has 100 valence electrons. The molecule has 6 nitrogen and oxygen atoms in total. The van der Waals surface area contributed by atoms with Gasteiger partial charge >= 0.3 is 0 Å². The maximum absolute atomic E-state index is 5.87. The fourth-order valence-corrected chi connectivity index (χ4v) is 2.70. The molecule has 0 saturated carbocycles. The van der Waals surface area contributed by atoms with Crippen LogP contribution in [0.25, 0.3) is 0 Å². The predicted molar refractivity (Wildman–Crippen MR) is 72.5 cm³/mol. The number of tetrazole rings is 1. The topological polar surface area (TPSA) is 72.9 Å². The number of benzene rings is 1. The van der Waals surface area contributed by atoms with Crippen molar-refractivity contribution < 1.29 is 0 Å². The third kappa shape index (κ3) is 2.19. The maximum atomic E-state index is 5.87. The zero-order chi connectivity index (χ0) is 13.2. The van der Waals surface area contributed by atoms with Crippen molar-refractivity contribution in [2.24, 2.45) is 12.8 Å². The first-order valence-electron chi connectivity index (χ1n) is 6.56. The van der Waals surface area contributed by atoms with E-state index in [0.29, 0.717) is 6.54 Å². The molecule has 6 heteroatoms. The van der Waals surface area contributed by atoms with Crippen molar-refractivity contribution in [1.29, 1.82) is 0 Å². The summed E-state index contributed by atoms with van der Waals surface area (Å²) in [6.07, 6.45) is 2.28. The molecule has 0 aliphatic carbocycles. The number of hydrogen-bond donors (Lipinski definition) is 1. The molecule has 1 aromatic heterocycles. The van der Waals surface area contributed by atoms with Crippen LogP contribution in [0.5, 0.6) is 0 Å². The quantitative estimate of drug-likeness (QED) is 0.873. The summed E-state index contributed by atoms with van der Waals surface area (Å²) >= 11 is 0. The van der Waals surface area contributed by atoms with Crippen molar-refractivity contribution in [3.63, 3.8) is 0 Å². The summed E-state index contributed by atoms with van der Waals surface area (Å²) in [6, 6.07) is 6.38. The molecule has 0 radical (unpaired) electrons. The van der Waals surface area contributed by atoms with Gasteiger partial charge < -0.3 is 10.6 Å². The first-order chi connectivity index (χ1) is 9.29. The van der Waals surface area contributed by atoms with E-state index in [4.69, 9.17) is 5.73 Å². The highest BCUT2D eigenvalue weighted by Gasteiger charge is 2.21. The Morgan fingerprint density at radius 3 is 3.00 bits per heavy atom. The Bertz CT molecular complexity index is 562. The van der Waals surface area contributed by atoms with Crippen LogP contribution >= 0.6 is 0 Å². The molecule has 1 aliphatic rings. The molecule has 2 aromatic rings. The third-order valence-electron chi connectivity index (χ3n) is 3.65. The molecular formula is C13H18N6. The minimum absolute atomic E-state index is 0.566. The van der Waals surface area contributed by atoms with Crippen LogP contribution in [-0.4, -0.2) is 26.8 Å². The molecule has 0 fully saturated rings. The van der Waals surface area contributed by atoms with Crippen molar-refractivity contribution in [2.75, 3.05) is 11.4 Å². The van der Waals surface area contributed by atoms with Crippen molar-refractivity contribution in [1.82, 2.24) is 20.2 Å². The van der Waals surface area contributed by atoms with E-state index in [1.165, 1.54) is 16.8 Å². The molecule has 2 heterocycles. The normalized spacial score (nSPS) is 14.5. The van der Waals surface area contributed by atoms with Gasteiger partial charge in [-0.1, -0.05) is 18.2 Å². The molecule has 0 saturated heterocycles. The number of aromatic nitrogens is 4. The van der Waals surface area contributed by atoms with Crippen molar-refractivity contribution in [3.05, 3.63) is 35.2 Å². The first kappa shape index (κ1) is 12.1. The predicted octanol–water partition coefficient (Wildman–Crippen LogP) is 0.622. The van der Waals surface area contributed by atoms with Crippen LogP contribution in [0, 0.1) is 0 Å². The van der Waals surface area contributed by atoms with Crippen LogP contribution < -0.4 is 10.6 Å². The average Bonchev–Trinajstić information content (AvgIpc) is 2.84. The van der Waals surface area contributed by atoms with E-state index in [2.05, 4.69) is 38.6 Å². The van der Waals surface area contributed by atoms with Crippen molar-refractivity contribution in [2.45, 2.75) is 25.9 Å². The van der Waals surface area contributed by atoms with Gasteiger partial charge in [0.2, 0.25) is 0 Å². The summed E-state index contributed by atoms with van der Waals surface area (Å²) < 4.78 is 1.72. The van der Waals surface area contributed by atoms with E-state index < -0.39 is 0 Å². The van der Waals surface area contributed by atoms with Gasteiger partial charge in [0.25, 0.3) is 0 Å². The lowest BCUT2D eigenvalue weighted by atomic mass is 9.97. The fraction of sp³-hybridized carbons (Fsp3) is 0.462. The molecule has 0 amide bonds. The highest BCUT2D eigenvalue weighted by atomic mass is 15.5. The Morgan fingerprint density at radius 1 is 1.37 bits per heavy atom. The number of hydrogen-bond acceptors (Lipinski definition) is 5. The second-order valence-corrected chi connectivity index (χ2v) is 4.87. The Hall–Kier alpha value is -1.95. The second-order valence-electron chi connectivity index (χ2n) is 4.87. The Morgan fingerprint density at radius 2 is 2.26 bits per heavy atom. The van der Waals surface area contributed by atoms with Crippen LogP contribution in [0.1, 0.15) is 23.4 Å². The van der Waals surface area contributed by atoms with Gasteiger partial charge in [0.1, 0.15) is 0 Å². The van der Waals surface area contributed by atoms with E-state index in [1.54, 1.807) is 4.68 Å². The lowest BCUT2D eigenvalue weighted by Crippen LogP contribution is -2.31. The monoisotopic (exact) mass is 258 g/mol. The summed E-state index contributed by atoms with van der Waals surface area (Å²) in [5.74, 6) is 0.875. The van der Waals surface area contributed by atoms with Gasteiger partial charge in [-0.25, -0.2) is 4.68 Å². The highest BCUT2D eigenvalue weighted by molar-refractivity contribution is 5.61. The number of rotatable bonds is 3. The van der Waals surface area contributed by atoms with Crippen molar-refractivity contribution >= 4 is 5.69 Å². The molecule has 3 rings (SSSR count). The van der Waals surface area contributed by atoms with Crippen LogP contribution in [0.15, 0.2) is 18.2 Å². The average molecular weight is 258 g/mol. The van der Waals surface area contributed by atoms with E-state index in [1.807, 2.05) is 7.05 Å². The summed E-state index contributed by atoms with van der Waals surface area (Å²) in [6.45, 7) is 2.32. The fourth-order valence-electron chi connectivity index (χ4n) is 2.70. The van der Waals surface area contributed by atoms with Gasteiger partial charge in [0.15, 0.2) is 5.82 Å². The van der Waals surface area contributed by atoms with E-state index in [9.17, 15) is 0 Å². The number of para-hydroxylation sites is 1. The zero-order valence-corrected chi connectivity index (χ0v) is 11.1. The number of nitrogens with two attached hydrogens (primary N) is 1. The molecule has 1 aromatic carbocycles. The molecule has 0 bridgehead atoms. The lowest BCUT2D eigenvalue weighted by molar-refractivity contribution is 0.629. The van der Waals surface area contributed by atoms with E-state index >= 15 is 0 Å². The van der Waals surface area contributed by atoms with Gasteiger partial charge in [-0.3, -0.25) is 0 Å². The first-order valence-corrected chi connectivity index (χ1v) is 6.56. The van der Waals surface area contributed by atoms with Gasteiger partial charge in [-0.2, -0.15) is 0 Å². The minimum atomic E-state index is 0.566. The summed E-state index contributed by atoms with van der Waals surface area (Å²) in [5.41, 5.74) is 9.72. The maximum Gasteiger partial charge on any atom is 0.170 e. The number of anilines is 1. The Kier molecular flexibility index (Phi) is 3.16. The molecule has 19 heavy (non-hydrogen) atoms. The van der Waals surface area contributed by atoms with Gasteiger partial charge in [-0.05, 0) is 34.4 Å². The summed E-state index contributed by atoms with van der Waals surface area (Å²) in [4.78, 5) is 2.34. The number of nitrogens with zero attached hydrogens (tertiary/aromatic N) is 5. The van der Waals surface area contributed by atoms with E-state index in [0.717, 1.165) is 31.8 Å². The minimum Gasteiger partial charge on any atom is -0.363 e. The standard InChI is InChI=1S/C13H18N6/c1-18-12(15-16-17-18)9-19-7-3-6-10-4-2-5-11(8-14)13(10)19/h2,4-5H,3,6-9,14H2,1H3. The van der Waals surface area contributed by atoms with Gasteiger partial charge in [0.05, 0.1) is 6.54 Å². The van der Waals surface area contributed by atoms with Gasteiger partial charge in [-0.15, -0.1) is 5.10 Å². The molecular weight excluding hydrogens is 240 g/mol. The summed E-state index contributed by atoms with van der Waals surface area (Å²) in [5, 5.41) is 11.6. The van der Waals surface area contributed by atoms with Crippen LogP contribution in [0.3, 0.4) is 0 Å². The van der Waals surface area contributed by atoms with Crippen LogP contribution in [-0.2, 0) is 26.6 Å². The van der Waals surface area contributed by atoms with Gasteiger partial charge in [0, 0.05) is 25.8 Å². The summed E-state index contributed by atoms with van der Waals surface area (Å²) in [7, 11) is 1.87. The largest absolute Gasteiger partial charge is 0.363 e. The van der Waals surface area contributed by atoms with E-state index in [-0.39, 0.29) is 0 Å².